The fourth-order valence-corrected chi connectivity index (χ4v) is 4.94. The quantitative estimate of drug-likeness (QED) is 0.502. The zero-order chi connectivity index (χ0) is 22.9. The predicted octanol–water partition coefficient (Wildman–Crippen LogP) is 5.28. The third kappa shape index (κ3) is 4.61. The van der Waals surface area contributed by atoms with Crippen LogP contribution in [0.5, 0.6) is 0 Å². The van der Waals surface area contributed by atoms with Crippen molar-refractivity contribution in [3.63, 3.8) is 0 Å². The number of hydrogen-bond acceptors (Lipinski definition) is 5. The van der Waals surface area contributed by atoms with Crippen molar-refractivity contribution in [3.8, 4) is 0 Å². The molecule has 1 aliphatic rings. The fraction of sp³-hybridized carbons (Fsp3) is 0.227. The maximum atomic E-state index is 13.1. The van der Waals surface area contributed by atoms with E-state index in [1.807, 2.05) is 35.0 Å². The van der Waals surface area contributed by atoms with Crippen molar-refractivity contribution in [2.45, 2.75) is 18.6 Å². The summed E-state index contributed by atoms with van der Waals surface area (Å²) in [6.45, 7) is -0.247. The Hall–Kier alpha value is -2.98. The van der Waals surface area contributed by atoms with Gasteiger partial charge in [0, 0.05) is 23.9 Å². The molecule has 3 heterocycles. The minimum Gasteiger partial charge on any atom is -0.332 e. The molecule has 0 saturated heterocycles. The van der Waals surface area contributed by atoms with Gasteiger partial charge in [-0.25, -0.2) is 5.01 Å². The van der Waals surface area contributed by atoms with Gasteiger partial charge in [0.15, 0.2) is 0 Å². The number of hydrazone groups is 1. The Morgan fingerprint density at radius 2 is 1.78 bits per heavy atom. The lowest BCUT2D eigenvalue weighted by Gasteiger charge is -2.24. The Bertz CT molecular complexity index is 1120. The third-order valence-corrected chi connectivity index (χ3v) is 6.91. The summed E-state index contributed by atoms with van der Waals surface area (Å²) < 4.78 is 38.3. The van der Waals surface area contributed by atoms with Gasteiger partial charge in [-0.2, -0.15) is 18.3 Å². The average Bonchev–Trinajstić information content (AvgIpc) is 3.53. The summed E-state index contributed by atoms with van der Waals surface area (Å²) in [5.41, 5.74) is 0.0508. The first-order chi connectivity index (χ1) is 15.2. The minimum absolute atomic E-state index is 0.0762. The van der Waals surface area contributed by atoms with E-state index in [1.165, 1.54) is 28.3 Å². The maximum absolute atomic E-state index is 13.1. The topological polar surface area (TPSA) is 53.0 Å². The standard InChI is InChI=1S/C22H18F3N3O2S2/c1-27(21(30)14-6-8-15(9-7-14)22(23,24)25)13-20(29)28-17(19-5-3-11-32-19)12-16(26-28)18-4-2-10-31-18/h2-11,17H,12-13H2,1H3. The van der Waals surface area contributed by atoms with E-state index in [9.17, 15) is 22.8 Å². The van der Waals surface area contributed by atoms with Gasteiger partial charge in [-0.1, -0.05) is 12.1 Å². The molecule has 1 unspecified atom stereocenters. The fourth-order valence-electron chi connectivity index (χ4n) is 3.40. The molecular formula is C22H18F3N3O2S2. The van der Waals surface area contributed by atoms with Gasteiger partial charge in [-0.3, -0.25) is 9.59 Å². The molecule has 2 aromatic heterocycles. The first kappa shape index (κ1) is 22.2. The molecule has 0 spiro atoms. The van der Waals surface area contributed by atoms with Crippen molar-refractivity contribution in [1.82, 2.24) is 9.91 Å². The summed E-state index contributed by atoms with van der Waals surface area (Å²) in [7, 11) is 1.44. The lowest BCUT2D eigenvalue weighted by molar-refractivity contribution is -0.137. The SMILES string of the molecule is CN(CC(=O)N1N=C(c2cccs2)CC1c1cccs1)C(=O)c1ccc(C(F)(F)F)cc1. The second-order valence-corrected chi connectivity index (χ2v) is 9.16. The number of carbonyl (C=O) groups is 2. The van der Waals surface area contributed by atoms with Crippen molar-refractivity contribution >= 4 is 40.2 Å². The van der Waals surface area contributed by atoms with Crippen LogP contribution in [-0.4, -0.2) is 41.0 Å². The lowest BCUT2D eigenvalue weighted by Crippen LogP contribution is -2.39. The van der Waals surface area contributed by atoms with Crippen LogP contribution in [0.15, 0.2) is 64.4 Å². The molecule has 0 aliphatic carbocycles. The first-order valence-corrected chi connectivity index (χ1v) is 11.4. The normalized spacial score (nSPS) is 16.2. The van der Waals surface area contributed by atoms with Gasteiger partial charge in [0.25, 0.3) is 11.8 Å². The van der Waals surface area contributed by atoms with Gasteiger partial charge in [0.05, 0.1) is 22.2 Å². The predicted molar refractivity (Wildman–Crippen MR) is 118 cm³/mol. The minimum atomic E-state index is -4.48. The van der Waals surface area contributed by atoms with Crippen molar-refractivity contribution in [3.05, 3.63) is 80.2 Å². The number of halogens is 3. The molecule has 2 amide bonds. The number of likely N-dealkylation sites (N-methyl/N-ethyl adjacent to an activating group) is 1. The molecule has 0 radical (unpaired) electrons. The van der Waals surface area contributed by atoms with Crippen molar-refractivity contribution in [2.75, 3.05) is 13.6 Å². The van der Waals surface area contributed by atoms with Gasteiger partial charge in [-0.15, -0.1) is 22.7 Å². The van der Waals surface area contributed by atoms with Crippen LogP contribution in [0.1, 0.15) is 38.1 Å². The van der Waals surface area contributed by atoms with Crippen LogP contribution in [0, 0.1) is 0 Å². The van der Waals surface area contributed by atoms with E-state index in [0.29, 0.717) is 6.42 Å². The molecule has 4 rings (SSSR count). The number of rotatable bonds is 5. The van der Waals surface area contributed by atoms with E-state index in [0.717, 1.165) is 39.7 Å². The second-order valence-electron chi connectivity index (χ2n) is 7.23. The molecule has 0 fully saturated rings. The van der Waals surface area contributed by atoms with Crippen molar-refractivity contribution < 1.29 is 22.8 Å². The summed E-state index contributed by atoms with van der Waals surface area (Å²) in [6, 6.07) is 11.4. The van der Waals surface area contributed by atoms with Crippen LogP contribution in [-0.2, 0) is 11.0 Å². The summed E-state index contributed by atoms with van der Waals surface area (Å²) >= 11 is 3.07. The Labute approximate surface area is 190 Å². The highest BCUT2D eigenvalue weighted by Gasteiger charge is 2.35. The molecule has 1 atom stereocenters. The molecule has 1 aromatic carbocycles. The van der Waals surface area contributed by atoms with E-state index < -0.39 is 17.6 Å². The number of thiophene rings is 2. The molecule has 10 heteroatoms. The van der Waals surface area contributed by atoms with Crippen LogP contribution in [0.3, 0.4) is 0 Å². The van der Waals surface area contributed by atoms with Crippen molar-refractivity contribution in [1.29, 1.82) is 0 Å². The van der Waals surface area contributed by atoms with Crippen LogP contribution < -0.4 is 0 Å². The Balaban J connectivity index is 1.50. The smallest absolute Gasteiger partial charge is 0.332 e. The average molecular weight is 478 g/mol. The van der Waals surface area contributed by atoms with E-state index in [-0.39, 0.29) is 24.1 Å². The Morgan fingerprint density at radius 1 is 1.09 bits per heavy atom. The number of hydrogen-bond donors (Lipinski definition) is 0. The maximum Gasteiger partial charge on any atom is 0.416 e. The highest BCUT2D eigenvalue weighted by molar-refractivity contribution is 7.12. The zero-order valence-electron chi connectivity index (χ0n) is 16.9. The van der Waals surface area contributed by atoms with Gasteiger partial charge in [0.2, 0.25) is 0 Å². The lowest BCUT2D eigenvalue weighted by atomic mass is 10.1. The van der Waals surface area contributed by atoms with Gasteiger partial charge >= 0.3 is 6.18 Å². The molecule has 0 bridgehead atoms. The number of alkyl halides is 3. The summed E-state index contributed by atoms with van der Waals surface area (Å²) in [5.74, 6) is -0.904. The summed E-state index contributed by atoms with van der Waals surface area (Å²) in [5, 5.41) is 9.84. The van der Waals surface area contributed by atoms with E-state index in [1.54, 1.807) is 11.3 Å². The molecule has 5 nitrogen and oxygen atoms in total. The van der Waals surface area contributed by atoms with Crippen LogP contribution >= 0.6 is 22.7 Å². The third-order valence-electron chi connectivity index (χ3n) is 5.02. The summed E-state index contributed by atoms with van der Waals surface area (Å²) in [6.07, 6.45) is -3.91. The zero-order valence-corrected chi connectivity index (χ0v) is 18.5. The number of benzene rings is 1. The van der Waals surface area contributed by atoms with Gasteiger partial charge in [0.1, 0.15) is 6.54 Å². The van der Waals surface area contributed by atoms with E-state index >= 15 is 0 Å². The van der Waals surface area contributed by atoms with E-state index in [4.69, 9.17) is 0 Å². The summed E-state index contributed by atoms with van der Waals surface area (Å²) in [4.78, 5) is 28.9. The molecule has 0 N–H and O–H groups in total. The van der Waals surface area contributed by atoms with Gasteiger partial charge < -0.3 is 4.90 Å². The number of nitrogens with zero attached hydrogens (tertiary/aromatic N) is 3. The Morgan fingerprint density at radius 3 is 2.38 bits per heavy atom. The van der Waals surface area contributed by atoms with Gasteiger partial charge in [-0.05, 0) is 47.2 Å². The first-order valence-electron chi connectivity index (χ1n) is 9.63. The molecule has 166 valence electrons. The van der Waals surface area contributed by atoms with Crippen LogP contribution in [0.2, 0.25) is 0 Å². The highest BCUT2D eigenvalue weighted by Crippen LogP contribution is 2.36. The van der Waals surface area contributed by atoms with Crippen LogP contribution in [0.25, 0.3) is 0 Å². The number of carbonyl (C=O) groups excluding carboxylic acids is 2. The number of amides is 2. The molecular weight excluding hydrogens is 459 g/mol. The second kappa shape index (κ2) is 8.87. The van der Waals surface area contributed by atoms with E-state index in [2.05, 4.69) is 5.10 Å². The molecule has 0 saturated carbocycles. The Kier molecular flexibility index (Phi) is 6.16. The van der Waals surface area contributed by atoms with Crippen molar-refractivity contribution in [2.24, 2.45) is 5.10 Å². The largest absolute Gasteiger partial charge is 0.416 e. The molecule has 32 heavy (non-hydrogen) atoms. The molecule has 3 aromatic rings. The highest BCUT2D eigenvalue weighted by atomic mass is 32.1. The monoisotopic (exact) mass is 477 g/mol. The van der Waals surface area contributed by atoms with Crippen LogP contribution in [0.4, 0.5) is 13.2 Å². The molecule has 1 aliphatic heterocycles.